The van der Waals surface area contributed by atoms with Gasteiger partial charge in [-0.3, -0.25) is 9.59 Å². The maximum Gasteiger partial charge on any atom is 0.326 e. The number of rotatable bonds is 7. The molecule has 0 saturated carbocycles. The standard InChI is InChI=1S/C21H22ClN3O4S/c1-3-29-17(26)9-25-18-13(4-6-15(22)20(18)30-2)19(27)14-5-7-16(24-21(14)25)23-8-12-10-28-11-12/h4-7,12H,3,8-11H2,1-2H3,(H,23,24). The smallest absolute Gasteiger partial charge is 0.326 e. The van der Waals surface area contributed by atoms with Crippen molar-refractivity contribution in [1.29, 1.82) is 0 Å². The van der Waals surface area contributed by atoms with E-state index in [1.54, 1.807) is 35.8 Å². The van der Waals surface area contributed by atoms with Gasteiger partial charge in [0, 0.05) is 17.8 Å². The molecule has 0 aliphatic carbocycles. The summed E-state index contributed by atoms with van der Waals surface area (Å²) in [5.41, 5.74) is 0.879. The average molecular weight is 448 g/mol. The largest absolute Gasteiger partial charge is 0.465 e. The van der Waals surface area contributed by atoms with E-state index in [2.05, 4.69) is 10.3 Å². The maximum absolute atomic E-state index is 13.2. The van der Waals surface area contributed by atoms with Crippen molar-refractivity contribution in [3.05, 3.63) is 39.5 Å². The highest BCUT2D eigenvalue weighted by Crippen LogP contribution is 2.34. The zero-order valence-electron chi connectivity index (χ0n) is 16.7. The number of carbonyl (C=O) groups is 1. The topological polar surface area (TPSA) is 82.5 Å². The number of aromatic nitrogens is 2. The zero-order chi connectivity index (χ0) is 21.3. The van der Waals surface area contributed by atoms with Crippen LogP contribution in [0.25, 0.3) is 21.9 Å². The molecule has 1 N–H and O–H groups in total. The van der Waals surface area contributed by atoms with Crippen molar-refractivity contribution in [1.82, 2.24) is 9.55 Å². The second-order valence-electron chi connectivity index (χ2n) is 7.05. The molecule has 158 valence electrons. The van der Waals surface area contributed by atoms with Crippen LogP contribution in [0, 0.1) is 5.92 Å². The number of hydrogen-bond acceptors (Lipinski definition) is 7. The van der Waals surface area contributed by atoms with E-state index >= 15 is 0 Å². The molecular weight excluding hydrogens is 426 g/mol. The lowest BCUT2D eigenvalue weighted by Crippen LogP contribution is -2.33. The van der Waals surface area contributed by atoms with Crippen molar-refractivity contribution in [2.45, 2.75) is 18.4 Å². The fourth-order valence-corrected chi connectivity index (χ4v) is 4.57. The maximum atomic E-state index is 13.2. The number of fused-ring (bicyclic) bond motifs is 2. The normalized spacial score (nSPS) is 14.1. The number of esters is 1. The van der Waals surface area contributed by atoms with E-state index in [4.69, 9.17) is 21.1 Å². The minimum absolute atomic E-state index is 0.0675. The van der Waals surface area contributed by atoms with Crippen LogP contribution in [0.1, 0.15) is 6.92 Å². The van der Waals surface area contributed by atoms with Crippen molar-refractivity contribution < 1.29 is 14.3 Å². The van der Waals surface area contributed by atoms with Crippen LogP contribution in [0.3, 0.4) is 0 Å². The van der Waals surface area contributed by atoms with Crippen molar-refractivity contribution in [3.63, 3.8) is 0 Å². The van der Waals surface area contributed by atoms with Gasteiger partial charge < -0.3 is 19.4 Å². The molecule has 4 rings (SSSR count). The third kappa shape index (κ3) is 3.87. The van der Waals surface area contributed by atoms with Crippen LogP contribution in [0.4, 0.5) is 5.82 Å². The molecule has 1 aromatic carbocycles. The SMILES string of the molecule is CCOC(=O)Cn1c2nc(NCC3COC3)ccc2c(=O)c2ccc(Cl)c(SC)c21. The average Bonchev–Trinajstić information content (AvgIpc) is 2.70. The number of benzene rings is 1. The number of ether oxygens (including phenoxy) is 2. The Balaban J connectivity index is 1.93. The first kappa shape index (κ1) is 21.0. The summed E-state index contributed by atoms with van der Waals surface area (Å²) >= 11 is 7.84. The van der Waals surface area contributed by atoms with E-state index in [0.29, 0.717) is 38.7 Å². The van der Waals surface area contributed by atoms with E-state index in [1.165, 1.54) is 11.8 Å². The Morgan fingerprint density at radius 3 is 2.77 bits per heavy atom. The van der Waals surface area contributed by atoms with Crippen LogP contribution in [0.5, 0.6) is 0 Å². The predicted molar refractivity (Wildman–Crippen MR) is 120 cm³/mol. The number of halogens is 1. The molecule has 3 heterocycles. The number of nitrogens with one attached hydrogen (secondary N) is 1. The Kier molecular flexibility index (Phi) is 6.17. The molecule has 2 aromatic heterocycles. The number of carbonyl (C=O) groups excluding carboxylic acids is 1. The van der Waals surface area contributed by atoms with E-state index in [9.17, 15) is 9.59 Å². The van der Waals surface area contributed by atoms with E-state index in [0.717, 1.165) is 24.7 Å². The van der Waals surface area contributed by atoms with Gasteiger partial charge in [0.25, 0.3) is 0 Å². The van der Waals surface area contributed by atoms with Gasteiger partial charge in [-0.1, -0.05) is 11.6 Å². The second kappa shape index (κ2) is 8.83. The molecule has 0 unspecified atom stereocenters. The molecule has 30 heavy (non-hydrogen) atoms. The first-order chi connectivity index (χ1) is 14.5. The monoisotopic (exact) mass is 447 g/mol. The van der Waals surface area contributed by atoms with Crippen molar-refractivity contribution in [3.8, 4) is 0 Å². The number of anilines is 1. The number of thioether (sulfide) groups is 1. The van der Waals surface area contributed by atoms with Gasteiger partial charge in [0.2, 0.25) is 0 Å². The van der Waals surface area contributed by atoms with Crippen LogP contribution < -0.4 is 10.7 Å². The second-order valence-corrected chi connectivity index (χ2v) is 8.27. The number of hydrogen-bond donors (Lipinski definition) is 1. The van der Waals surface area contributed by atoms with E-state index < -0.39 is 5.97 Å². The van der Waals surface area contributed by atoms with Crippen molar-refractivity contribution >= 4 is 57.1 Å². The minimum atomic E-state index is -0.400. The van der Waals surface area contributed by atoms with Gasteiger partial charge in [-0.05, 0) is 37.4 Å². The number of nitrogens with zero attached hydrogens (tertiary/aromatic N) is 2. The molecule has 1 saturated heterocycles. The summed E-state index contributed by atoms with van der Waals surface area (Å²) in [7, 11) is 0. The lowest BCUT2D eigenvalue weighted by Gasteiger charge is -2.26. The Morgan fingerprint density at radius 1 is 1.33 bits per heavy atom. The van der Waals surface area contributed by atoms with E-state index in [1.807, 2.05) is 6.26 Å². The first-order valence-electron chi connectivity index (χ1n) is 9.70. The summed E-state index contributed by atoms with van der Waals surface area (Å²) in [5.74, 6) is 0.684. The van der Waals surface area contributed by atoms with Gasteiger partial charge >= 0.3 is 5.97 Å². The van der Waals surface area contributed by atoms with Crippen LogP contribution in [-0.2, 0) is 20.8 Å². The fourth-order valence-electron chi connectivity index (χ4n) is 3.51. The molecule has 0 atom stereocenters. The van der Waals surface area contributed by atoms with Gasteiger partial charge in [0.15, 0.2) is 5.43 Å². The lowest BCUT2D eigenvalue weighted by molar-refractivity contribution is -0.143. The summed E-state index contributed by atoms with van der Waals surface area (Å²) in [6.45, 7) is 4.16. The molecule has 0 radical (unpaired) electrons. The Labute approximate surface area is 182 Å². The van der Waals surface area contributed by atoms with Gasteiger partial charge in [-0.15, -0.1) is 11.8 Å². The fraction of sp³-hybridized carbons (Fsp3) is 0.381. The Hall–Kier alpha value is -2.29. The van der Waals surface area contributed by atoms with Crippen molar-refractivity contribution in [2.75, 3.05) is 37.9 Å². The highest BCUT2D eigenvalue weighted by Gasteiger charge is 2.21. The minimum Gasteiger partial charge on any atom is -0.465 e. The van der Waals surface area contributed by atoms with Crippen LogP contribution in [-0.4, -0.2) is 48.1 Å². The highest BCUT2D eigenvalue weighted by atomic mass is 35.5. The molecule has 0 spiro atoms. The van der Waals surface area contributed by atoms with Gasteiger partial charge in [-0.25, -0.2) is 4.98 Å². The van der Waals surface area contributed by atoms with Crippen LogP contribution in [0.2, 0.25) is 5.02 Å². The zero-order valence-corrected chi connectivity index (χ0v) is 18.3. The third-order valence-corrected chi connectivity index (χ3v) is 6.30. The molecule has 7 nitrogen and oxygen atoms in total. The summed E-state index contributed by atoms with van der Waals surface area (Å²) in [4.78, 5) is 31.0. The molecule has 9 heteroatoms. The Morgan fingerprint density at radius 2 is 2.10 bits per heavy atom. The summed E-state index contributed by atoms with van der Waals surface area (Å²) in [5, 5.41) is 4.76. The predicted octanol–water partition coefficient (Wildman–Crippen LogP) is 3.55. The molecule has 0 amide bonds. The molecule has 0 bridgehead atoms. The first-order valence-corrected chi connectivity index (χ1v) is 11.3. The summed E-state index contributed by atoms with van der Waals surface area (Å²) < 4.78 is 12.1. The molecule has 1 aliphatic heterocycles. The number of pyridine rings is 2. The van der Waals surface area contributed by atoms with Gasteiger partial charge in [0.1, 0.15) is 18.0 Å². The Bertz CT molecular complexity index is 1180. The molecule has 1 fully saturated rings. The summed E-state index contributed by atoms with van der Waals surface area (Å²) in [6, 6.07) is 6.94. The van der Waals surface area contributed by atoms with Gasteiger partial charge in [0.05, 0.1) is 40.6 Å². The summed E-state index contributed by atoms with van der Waals surface area (Å²) in [6.07, 6.45) is 1.89. The van der Waals surface area contributed by atoms with Crippen LogP contribution >= 0.6 is 23.4 Å². The van der Waals surface area contributed by atoms with Crippen LogP contribution in [0.15, 0.2) is 34.0 Å². The molecular formula is C21H22ClN3O4S. The molecule has 3 aromatic rings. The van der Waals surface area contributed by atoms with E-state index in [-0.39, 0.29) is 18.6 Å². The highest BCUT2D eigenvalue weighted by molar-refractivity contribution is 7.99. The van der Waals surface area contributed by atoms with Crippen molar-refractivity contribution in [2.24, 2.45) is 5.92 Å². The molecule has 1 aliphatic rings. The third-order valence-electron chi connectivity index (χ3n) is 5.05. The van der Waals surface area contributed by atoms with Gasteiger partial charge in [-0.2, -0.15) is 0 Å². The lowest BCUT2D eigenvalue weighted by atomic mass is 10.1. The quantitative estimate of drug-likeness (QED) is 0.337.